The number of carbonyl (C=O) groups excluding carboxylic acids is 2. The molecule has 1 unspecified atom stereocenters. The van der Waals surface area contributed by atoms with Crippen molar-refractivity contribution in [3.05, 3.63) is 47.5 Å². The van der Waals surface area contributed by atoms with Gasteiger partial charge in [0.05, 0.1) is 17.1 Å². The molecule has 0 aliphatic carbocycles. The van der Waals surface area contributed by atoms with Gasteiger partial charge in [0, 0.05) is 25.3 Å². The molecule has 0 radical (unpaired) electrons. The molecule has 2 aliphatic heterocycles. The van der Waals surface area contributed by atoms with Crippen molar-refractivity contribution < 1.29 is 22.7 Å². The molecular weight excluding hydrogens is 418 g/mol. The zero-order valence-corrected chi connectivity index (χ0v) is 18.5. The lowest BCUT2D eigenvalue weighted by Crippen LogP contribution is -2.41. The molecule has 164 valence electrons. The van der Waals surface area contributed by atoms with Crippen molar-refractivity contribution in [1.29, 1.82) is 0 Å². The number of rotatable bonds is 5. The van der Waals surface area contributed by atoms with Crippen molar-refractivity contribution in [3.63, 3.8) is 0 Å². The lowest BCUT2D eigenvalue weighted by molar-refractivity contribution is -0.123. The topological polar surface area (TPSA) is 96.0 Å². The van der Waals surface area contributed by atoms with Gasteiger partial charge in [-0.25, -0.2) is 8.42 Å². The SMILES string of the molecule is CCC1Oc2cc(S(=O)(=O)N(C)CC(=O)N3CCc4ccccc43)c(C)cc2NC1=O. The molecule has 2 aromatic rings. The minimum Gasteiger partial charge on any atom is -0.478 e. The van der Waals surface area contributed by atoms with Crippen LogP contribution in [-0.4, -0.2) is 50.8 Å². The number of para-hydroxylation sites is 1. The van der Waals surface area contributed by atoms with Crippen LogP contribution in [-0.2, 0) is 26.0 Å². The van der Waals surface area contributed by atoms with E-state index in [0.717, 1.165) is 22.0 Å². The van der Waals surface area contributed by atoms with Gasteiger partial charge in [0.25, 0.3) is 5.91 Å². The van der Waals surface area contributed by atoms with Gasteiger partial charge in [0.1, 0.15) is 5.75 Å². The van der Waals surface area contributed by atoms with Gasteiger partial charge in [-0.15, -0.1) is 0 Å². The Morgan fingerprint density at radius 2 is 2.03 bits per heavy atom. The summed E-state index contributed by atoms with van der Waals surface area (Å²) in [6.45, 7) is 3.73. The molecule has 0 saturated heterocycles. The third-order valence-electron chi connectivity index (χ3n) is 5.70. The summed E-state index contributed by atoms with van der Waals surface area (Å²) < 4.78 is 33.3. The van der Waals surface area contributed by atoms with Gasteiger partial charge in [-0.1, -0.05) is 25.1 Å². The van der Waals surface area contributed by atoms with Gasteiger partial charge in [0.2, 0.25) is 15.9 Å². The summed E-state index contributed by atoms with van der Waals surface area (Å²) in [5.74, 6) is -0.219. The Labute approximate surface area is 181 Å². The Hall–Kier alpha value is -2.91. The minimum atomic E-state index is -3.95. The molecule has 1 atom stereocenters. The fourth-order valence-electron chi connectivity index (χ4n) is 3.96. The first-order valence-electron chi connectivity index (χ1n) is 10.2. The Balaban J connectivity index is 1.57. The number of ether oxygens (including phenoxy) is 1. The number of anilines is 2. The average molecular weight is 444 g/mol. The normalized spacial score (nSPS) is 17.7. The molecule has 1 N–H and O–H groups in total. The van der Waals surface area contributed by atoms with Crippen LogP contribution in [0.25, 0.3) is 0 Å². The quantitative estimate of drug-likeness (QED) is 0.765. The molecule has 8 nitrogen and oxygen atoms in total. The van der Waals surface area contributed by atoms with E-state index in [1.54, 1.807) is 17.9 Å². The lowest BCUT2D eigenvalue weighted by atomic mass is 10.1. The fraction of sp³-hybridized carbons (Fsp3) is 0.364. The first kappa shape index (κ1) is 21.3. The predicted molar refractivity (Wildman–Crippen MR) is 117 cm³/mol. The summed E-state index contributed by atoms with van der Waals surface area (Å²) in [6.07, 6.45) is 0.553. The summed E-state index contributed by atoms with van der Waals surface area (Å²) in [5.41, 5.74) is 2.82. The standard InChI is InChI=1S/C22H25N3O5S/c1-4-18-22(27)23-16-11-14(2)20(12-19(16)30-18)31(28,29)24(3)13-21(26)25-10-9-15-7-5-6-8-17(15)25/h5-8,11-12,18H,4,9-10,13H2,1-3H3,(H,23,27). The van der Waals surface area contributed by atoms with Crippen LogP contribution in [0.3, 0.4) is 0 Å². The second-order valence-corrected chi connectivity index (χ2v) is 9.82. The number of aryl methyl sites for hydroxylation is 1. The Kier molecular flexibility index (Phi) is 5.49. The summed E-state index contributed by atoms with van der Waals surface area (Å²) in [6, 6.07) is 10.6. The van der Waals surface area contributed by atoms with Gasteiger partial charge in [0.15, 0.2) is 6.10 Å². The van der Waals surface area contributed by atoms with Crippen LogP contribution in [0.5, 0.6) is 5.75 Å². The molecule has 9 heteroatoms. The van der Waals surface area contributed by atoms with E-state index in [9.17, 15) is 18.0 Å². The van der Waals surface area contributed by atoms with Crippen LogP contribution < -0.4 is 15.0 Å². The van der Waals surface area contributed by atoms with E-state index in [-0.39, 0.29) is 23.3 Å². The average Bonchev–Trinajstić information content (AvgIpc) is 3.17. The number of hydrogen-bond donors (Lipinski definition) is 1. The third-order valence-corrected chi connectivity index (χ3v) is 7.65. The number of nitrogens with zero attached hydrogens (tertiary/aromatic N) is 2. The molecule has 0 bridgehead atoms. The van der Waals surface area contributed by atoms with Gasteiger partial charge >= 0.3 is 0 Å². The molecule has 0 aromatic heterocycles. The number of likely N-dealkylation sites (N-methyl/N-ethyl adjacent to an activating group) is 1. The highest BCUT2D eigenvalue weighted by atomic mass is 32.2. The van der Waals surface area contributed by atoms with E-state index in [1.165, 1.54) is 13.1 Å². The molecule has 2 amide bonds. The highest BCUT2D eigenvalue weighted by molar-refractivity contribution is 7.89. The zero-order chi connectivity index (χ0) is 22.3. The maximum atomic E-state index is 13.3. The molecule has 2 aliphatic rings. The van der Waals surface area contributed by atoms with Crippen molar-refractivity contribution in [1.82, 2.24) is 4.31 Å². The van der Waals surface area contributed by atoms with E-state index in [0.29, 0.717) is 30.0 Å². The van der Waals surface area contributed by atoms with Crippen molar-refractivity contribution in [2.75, 3.05) is 30.4 Å². The second kappa shape index (κ2) is 7.97. The zero-order valence-electron chi connectivity index (χ0n) is 17.7. The van der Waals surface area contributed by atoms with Crippen LogP contribution in [0, 0.1) is 6.92 Å². The summed E-state index contributed by atoms with van der Waals surface area (Å²) in [4.78, 5) is 26.6. The van der Waals surface area contributed by atoms with Crippen LogP contribution in [0.4, 0.5) is 11.4 Å². The van der Waals surface area contributed by atoms with Crippen molar-refractivity contribution >= 4 is 33.2 Å². The highest BCUT2D eigenvalue weighted by Crippen LogP contribution is 2.36. The van der Waals surface area contributed by atoms with Gasteiger partial charge in [-0.05, 0) is 43.0 Å². The largest absolute Gasteiger partial charge is 0.478 e. The van der Waals surface area contributed by atoms with E-state index in [4.69, 9.17) is 4.74 Å². The van der Waals surface area contributed by atoms with Crippen molar-refractivity contribution in [2.45, 2.75) is 37.7 Å². The Morgan fingerprint density at radius 1 is 1.29 bits per heavy atom. The van der Waals surface area contributed by atoms with E-state index in [1.807, 2.05) is 31.2 Å². The molecule has 4 rings (SSSR count). The number of amides is 2. The first-order valence-corrected chi connectivity index (χ1v) is 11.6. The lowest BCUT2D eigenvalue weighted by Gasteiger charge is -2.27. The number of carbonyl (C=O) groups is 2. The van der Waals surface area contributed by atoms with Crippen LogP contribution in [0.1, 0.15) is 24.5 Å². The fourth-order valence-corrected chi connectivity index (χ4v) is 5.30. The first-order chi connectivity index (χ1) is 14.7. The second-order valence-electron chi connectivity index (χ2n) is 7.80. The summed E-state index contributed by atoms with van der Waals surface area (Å²) >= 11 is 0. The number of hydrogen-bond acceptors (Lipinski definition) is 5. The van der Waals surface area contributed by atoms with Crippen molar-refractivity contribution in [3.8, 4) is 5.75 Å². The van der Waals surface area contributed by atoms with Crippen LogP contribution in [0.2, 0.25) is 0 Å². The number of sulfonamides is 1. The summed E-state index contributed by atoms with van der Waals surface area (Å²) in [7, 11) is -2.56. The molecule has 31 heavy (non-hydrogen) atoms. The molecule has 2 aromatic carbocycles. The van der Waals surface area contributed by atoms with Gasteiger partial charge in [-0.2, -0.15) is 4.31 Å². The molecule has 2 heterocycles. The Bertz CT molecular complexity index is 1160. The number of benzene rings is 2. The smallest absolute Gasteiger partial charge is 0.265 e. The molecule has 0 saturated carbocycles. The molecule has 0 spiro atoms. The van der Waals surface area contributed by atoms with E-state index in [2.05, 4.69) is 5.32 Å². The minimum absolute atomic E-state index is 0.0503. The molecule has 0 fully saturated rings. The van der Waals surface area contributed by atoms with Gasteiger partial charge in [-0.3, -0.25) is 9.59 Å². The van der Waals surface area contributed by atoms with E-state index >= 15 is 0 Å². The Morgan fingerprint density at radius 3 is 2.77 bits per heavy atom. The maximum absolute atomic E-state index is 13.3. The summed E-state index contributed by atoms with van der Waals surface area (Å²) in [5, 5.41) is 2.76. The monoisotopic (exact) mass is 443 g/mol. The van der Waals surface area contributed by atoms with Gasteiger partial charge < -0.3 is 15.0 Å². The highest BCUT2D eigenvalue weighted by Gasteiger charge is 2.32. The van der Waals surface area contributed by atoms with Crippen LogP contribution >= 0.6 is 0 Å². The van der Waals surface area contributed by atoms with Crippen LogP contribution in [0.15, 0.2) is 41.3 Å². The van der Waals surface area contributed by atoms with E-state index < -0.39 is 16.1 Å². The maximum Gasteiger partial charge on any atom is 0.265 e. The van der Waals surface area contributed by atoms with Crippen molar-refractivity contribution in [2.24, 2.45) is 0 Å². The molecular formula is C22H25N3O5S. The number of fused-ring (bicyclic) bond motifs is 2. The third kappa shape index (κ3) is 3.79. The number of nitrogens with one attached hydrogen (secondary N) is 1. The predicted octanol–water partition coefficient (Wildman–Crippen LogP) is 2.31.